The number of rotatable bonds is 3. The van der Waals surface area contributed by atoms with Gasteiger partial charge >= 0.3 is 0 Å². The molecule has 0 bridgehead atoms. The Balaban J connectivity index is 2.13. The van der Waals surface area contributed by atoms with Crippen molar-refractivity contribution in [3.63, 3.8) is 0 Å². The van der Waals surface area contributed by atoms with Gasteiger partial charge in [-0.15, -0.1) is 0 Å². The van der Waals surface area contributed by atoms with Crippen molar-refractivity contribution < 1.29 is 0 Å². The molecule has 1 aliphatic rings. The van der Waals surface area contributed by atoms with Crippen molar-refractivity contribution in [2.24, 2.45) is 11.7 Å². The van der Waals surface area contributed by atoms with Crippen LogP contribution in [0, 0.1) is 17.2 Å². The van der Waals surface area contributed by atoms with E-state index >= 15 is 0 Å². The fraction of sp³-hybridized carbons (Fsp3) is 0.900. The molecule has 74 valence electrons. The van der Waals surface area contributed by atoms with Crippen molar-refractivity contribution in [1.29, 1.82) is 5.26 Å². The van der Waals surface area contributed by atoms with Gasteiger partial charge in [0.1, 0.15) is 0 Å². The third-order valence-corrected chi connectivity index (χ3v) is 2.80. The Morgan fingerprint density at radius 1 is 1.54 bits per heavy atom. The summed E-state index contributed by atoms with van der Waals surface area (Å²) in [7, 11) is 0. The average molecular weight is 181 g/mol. The number of nitriles is 1. The summed E-state index contributed by atoms with van der Waals surface area (Å²) >= 11 is 0. The van der Waals surface area contributed by atoms with E-state index in [0.717, 1.165) is 18.9 Å². The Morgan fingerprint density at radius 3 is 2.69 bits per heavy atom. The van der Waals surface area contributed by atoms with E-state index in [1.54, 1.807) is 0 Å². The molecule has 0 saturated carbocycles. The lowest BCUT2D eigenvalue weighted by molar-refractivity contribution is 0.189. The minimum absolute atomic E-state index is 0.278. The summed E-state index contributed by atoms with van der Waals surface area (Å²) < 4.78 is 0. The minimum atomic E-state index is -0.278. The molecule has 3 heteroatoms. The van der Waals surface area contributed by atoms with E-state index in [1.165, 1.54) is 25.9 Å². The van der Waals surface area contributed by atoms with Crippen LogP contribution in [0.15, 0.2) is 0 Å². The summed E-state index contributed by atoms with van der Waals surface area (Å²) in [6.07, 6.45) is 3.40. The van der Waals surface area contributed by atoms with Crippen LogP contribution in [-0.4, -0.2) is 30.6 Å². The molecule has 1 fully saturated rings. The van der Waals surface area contributed by atoms with E-state index < -0.39 is 0 Å². The van der Waals surface area contributed by atoms with E-state index in [2.05, 4.69) is 17.9 Å². The van der Waals surface area contributed by atoms with Crippen LogP contribution < -0.4 is 5.73 Å². The highest BCUT2D eigenvalue weighted by molar-refractivity contribution is 4.87. The van der Waals surface area contributed by atoms with Gasteiger partial charge < -0.3 is 10.6 Å². The molecule has 2 N–H and O–H groups in total. The number of piperidine rings is 1. The molecule has 1 atom stereocenters. The first kappa shape index (κ1) is 10.5. The molecule has 1 rings (SSSR count). The van der Waals surface area contributed by atoms with E-state index in [4.69, 9.17) is 11.0 Å². The van der Waals surface area contributed by atoms with Gasteiger partial charge in [-0.25, -0.2) is 0 Å². The molecule has 1 saturated heterocycles. The molecule has 0 aliphatic carbocycles. The lowest BCUT2D eigenvalue weighted by Gasteiger charge is -2.30. The van der Waals surface area contributed by atoms with Crippen molar-refractivity contribution >= 4 is 0 Å². The molecule has 3 nitrogen and oxygen atoms in total. The highest BCUT2D eigenvalue weighted by atomic mass is 15.1. The van der Waals surface area contributed by atoms with Crippen LogP contribution in [0.2, 0.25) is 0 Å². The van der Waals surface area contributed by atoms with Crippen LogP contribution in [-0.2, 0) is 0 Å². The van der Waals surface area contributed by atoms with Crippen LogP contribution >= 0.6 is 0 Å². The average Bonchev–Trinajstić information content (AvgIpc) is 2.16. The molecule has 0 aromatic rings. The zero-order valence-electron chi connectivity index (χ0n) is 8.37. The lowest BCUT2D eigenvalue weighted by Crippen LogP contribution is -2.36. The maximum absolute atomic E-state index is 8.51. The van der Waals surface area contributed by atoms with Gasteiger partial charge in [0.05, 0.1) is 12.1 Å². The predicted octanol–water partition coefficient (Wildman–Crippen LogP) is 0.959. The third-order valence-electron chi connectivity index (χ3n) is 2.80. The topological polar surface area (TPSA) is 53.0 Å². The molecule has 0 aromatic heterocycles. The van der Waals surface area contributed by atoms with Crippen LogP contribution in [0.4, 0.5) is 0 Å². The molecule has 1 aliphatic heterocycles. The van der Waals surface area contributed by atoms with Gasteiger partial charge in [0.2, 0.25) is 0 Å². The monoisotopic (exact) mass is 181 g/mol. The molecule has 0 amide bonds. The molecule has 0 radical (unpaired) electrons. The summed E-state index contributed by atoms with van der Waals surface area (Å²) in [4.78, 5) is 2.41. The highest BCUT2D eigenvalue weighted by Crippen LogP contribution is 2.15. The Morgan fingerprint density at radius 2 is 2.15 bits per heavy atom. The molecule has 1 unspecified atom stereocenters. The second-order valence-corrected chi connectivity index (χ2v) is 4.05. The van der Waals surface area contributed by atoms with Gasteiger partial charge in [0, 0.05) is 6.54 Å². The van der Waals surface area contributed by atoms with Gasteiger partial charge in [-0.1, -0.05) is 6.92 Å². The number of nitrogens with zero attached hydrogens (tertiary/aromatic N) is 2. The number of hydrogen-bond acceptors (Lipinski definition) is 3. The quantitative estimate of drug-likeness (QED) is 0.705. The number of hydrogen-bond donors (Lipinski definition) is 1. The first-order valence-electron chi connectivity index (χ1n) is 5.10. The van der Waals surface area contributed by atoms with Gasteiger partial charge in [-0.3, -0.25) is 0 Å². The molecular weight excluding hydrogens is 162 g/mol. The van der Waals surface area contributed by atoms with Crippen molar-refractivity contribution in [2.45, 2.75) is 32.2 Å². The van der Waals surface area contributed by atoms with Gasteiger partial charge in [-0.2, -0.15) is 5.26 Å². The lowest BCUT2D eigenvalue weighted by atomic mass is 9.99. The molecule has 0 aromatic carbocycles. The zero-order chi connectivity index (χ0) is 9.68. The van der Waals surface area contributed by atoms with Crippen molar-refractivity contribution in [3.05, 3.63) is 0 Å². The van der Waals surface area contributed by atoms with E-state index in [0.29, 0.717) is 0 Å². The Labute approximate surface area is 80.5 Å². The first-order valence-corrected chi connectivity index (χ1v) is 5.10. The van der Waals surface area contributed by atoms with Crippen molar-refractivity contribution in [2.75, 3.05) is 19.6 Å². The zero-order valence-corrected chi connectivity index (χ0v) is 8.37. The second-order valence-electron chi connectivity index (χ2n) is 4.05. The molecule has 13 heavy (non-hydrogen) atoms. The third kappa shape index (κ3) is 3.75. The Hall–Kier alpha value is -0.590. The summed E-state index contributed by atoms with van der Waals surface area (Å²) in [5.41, 5.74) is 5.53. The van der Waals surface area contributed by atoms with Crippen LogP contribution in [0.5, 0.6) is 0 Å². The van der Waals surface area contributed by atoms with Gasteiger partial charge in [0.25, 0.3) is 0 Å². The fourth-order valence-electron chi connectivity index (χ4n) is 1.67. The van der Waals surface area contributed by atoms with Crippen LogP contribution in [0.3, 0.4) is 0 Å². The summed E-state index contributed by atoms with van der Waals surface area (Å²) in [5, 5.41) is 8.51. The largest absolute Gasteiger partial charge is 0.316 e. The fourth-order valence-corrected chi connectivity index (χ4v) is 1.67. The van der Waals surface area contributed by atoms with Crippen LogP contribution in [0.1, 0.15) is 26.2 Å². The van der Waals surface area contributed by atoms with E-state index in [9.17, 15) is 0 Å². The first-order chi connectivity index (χ1) is 6.22. The normalized spacial score (nSPS) is 22.5. The van der Waals surface area contributed by atoms with E-state index in [-0.39, 0.29) is 6.04 Å². The number of likely N-dealkylation sites (tertiary alicyclic amines) is 1. The smallest absolute Gasteiger partial charge is 0.0940 e. The Kier molecular flexibility index (Phi) is 4.20. The maximum atomic E-state index is 8.51. The van der Waals surface area contributed by atoms with Gasteiger partial charge in [-0.05, 0) is 38.3 Å². The summed E-state index contributed by atoms with van der Waals surface area (Å²) in [6.45, 7) is 5.65. The second kappa shape index (κ2) is 5.21. The van der Waals surface area contributed by atoms with E-state index in [1.807, 2.05) is 0 Å². The standard InChI is InChI=1S/C10H19N3/c1-9-2-5-13(6-3-9)7-4-10(12)8-11/h9-10H,2-7,12H2,1H3. The van der Waals surface area contributed by atoms with Crippen molar-refractivity contribution in [3.8, 4) is 6.07 Å². The summed E-state index contributed by atoms with van der Waals surface area (Å²) in [5.74, 6) is 0.876. The molecule has 0 spiro atoms. The molecule has 1 heterocycles. The highest BCUT2D eigenvalue weighted by Gasteiger charge is 2.15. The summed E-state index contributed by atoms with van der Waals surface area (Å²) in [6, 6.07) is 1.79. The maximum Gasteiger partial charge on any atom is 0.0940 e. The van der Waals surface area contributed by atoms with Crippen molar-refractivity contribution in [1.82, 2.24) is 4.90 Å². The SMILES string of the molecule is CC1CCN(CCC(N)C#N)CC1. The Bertz CT molecular complexity index is 177. The van der Waals surface area contributed by atoms with Gasteiger partial charge in [0.15, 0.2) is 0 Å². The predicted molar refractivity (Wildman–Crippen MR) is 53.0 cm³/mol. The minimum Gasteiger partial charge on any atom is -0.316 e. The molecular formula is C10H19N3. The number of nitrogens with two attached hydrogens (primary N) is 1. The van der Waals surface area contributed by atoms with Crippen LogP contribution in [0.25, 0.3) is 0 Å².